The molecule has 1 saturated carbocycles. The average molecular weight is 308 g/mol. The Kier molecular flexibility index (Phi) is 4.93. The van der Waals surface area contributed by atoms with Crippen LogP contribution in [0.25, 0.3) is 0 Å². The zero-order valence-electron chi connectivity index (χ0n) is 12.3. The van der Waals surface area contributed by atoms with Crippen LogP contribution in [0.1, 0.15) is 39.0 Å². The molecule has 1 amide bonds. The number of amides is 1. The topological polar surface area (TPSA) is 46.3 Å². The second-order valence-corrected chi connectivity index (χ2v) is 5.97. The maximum absolute atomic E-state index is 13.1. The Labute approximate surface area is 130 Å². The van der Waals surface area contributed by atoms with Crippen molar-refractivity contribution in [2.24, 2.45) is 11.1 Å². The molecule has 1 aromatic carbocycles. The smallest absolute Gasteiger partial charge is 0.240 e. The summed E-state index contributed by atoms with van der Waals surface area (Å²) in [5.74, 6) is -0.368. The third-order valence-corrected chi connectivity index (χ3v) is 4.68. The summed E-state index contributed by atoms with van der Waals surface area (Å²) in [4.78, 5) is 15.0. The van der Waals surface area contributed by atoms with Crippen LogP contribution < -0.4 is 10.6 Å². The number of hydrogen-bond acceptors (Lipinski definition) is 2. The first kappa shape index (κ1) is 15.9. The predicted octanol–water partition coefficient (Wildman–Crippen LogP) is 3.42. The van der Waals surface area contributed by atoms with Crippen LogP contribution in [0.5, 0.6) is 0 Å². The van der Waals surface area contributed by atoms with E-state index in [2.05, 4.69) is 0 Å². The average Bonchev–Trinajstić information content (AvgIpc) is 2.50. The van der Waals surface area contributed by atoms with Crippen molar-refractivity contribution < 1.29 is 9.18 Å². The molecule has 1 fully saturated rings. The number of anilines is 1. The SMILES string of the molecule is CCN(C(=O)C1(C(N)=S)CCCCC1)c1ccc(F)cc1. The van der Waals surface area contributed by atoms with Gasteiger partial charge in [0.05, 0.1) is 10.4 Å². The van der Waals surface area contributed by atoms with E-state index in [-0.39, 0.29) is 16.7 Å². The quantitative estimate of drug-likeness (QED) is 0.867. The van der Waals surface area contributed by atoms with Crippen LogP contribution in [0.4, 0.5) is 10.1 Å². The Bertz CT molecular complexity index is 524. The van der Waals surface area contributed by atoms with Gasteiger partial charge in [0.15, 0.2) is 0 Å². The first-order chi connectivity index (χ1) is 10.0. The van der Waals surface area contributed by atoms with E-state index in [0.717, 1.165) is 19.3 Å². The van der Waals surface area contributed by atoms with Gasteiger partial charge in [-0.1, -0.05) is 31.5 Å². The van der Waals surface area contributed by atoms with Crippen molar-refractivity contribution in [1.29, 1.82) is 0 Å². The van der Waals surface area contributed by atoms with E-state index in [1.807, 2.05) is 6.92 Å². The van der Waals surface area contributed by atoms with Crippen molar-refractivity contribution >= 4 is 28.8 Å². The zero-order valence-corrected chi connectivity index (χ0v) is 13.1. The van der Waals surface area contributed by atoms with Gasteiger partial charge in [-0.2, -0.15) is 0 Å². The Balaban J connectivity index is 2.33. The van der Waals surface area contributed by atoms with Gasteiger partial charge < -0.3 is 10.6 Å². The van der Waals surface area contributed by atoms with Crippen LogP contribution in [0.2, 0.25) is 0 Å². The molecule has 1 aromatic rings. The predicted molar refractivity (Wildman–Crippen MR) is 86.7 cm³/mol. The Morgan fingerprint density at radius 2 is 1.86 bits per heavy atom. The highest BCUT2D eigenvalue weighted by atomic mass is 32.1. The van der Waals surface area contributed by atoms with E-state index in [1.54, 1.807) is 17.0 Å². The van der Waals surface area contributed by atoms with Gasteiger partial charge in [-0.25, -0.2) is 4.39 Å². The Hall–Kier alpha value is -1.49. The fraction of sp³-hybridized carbons (Fsp3) is 0.500. The highest BCUT2D eigenvalue weighted by Gasteiger charge is 2.44. The second kappa shape index (κ2) is 6.52. The Morgan fingerprint density at radius 1 is 1.29 bits per heavy atom. The van der Waals surface area contributed by atoms with Gasteiger partial charge in [0.25, 0.3) is 0 Å². The number of thiocarbonyl (C=S) groups is 1. The molecule has 5 heteroatoms. The molecule has 0 unspecified atom stereocenters. The molecule has 114 valence electrons. The van der Waals surface area contributed by atoms with Gasteiger partial charge in [-0.3, -0.25) is 4.79 Å². The summed E-state index contributed by atoms with van der Waals surface area (Å²) in [6.45, 7) is 2.41. The molecule has 3 nitrogen and oxygen atoms in total. The lowest BCUT2D eigenvalue weighted by Crippen LogP contribution is -2.51. The number of nitrogens with zero attached hydrogens (tertiary/aromatic N) is 1. The molecule has 0 aromatic heterocycles. The number of hydrogen-bond donors (Lipinski definition) is 1. The Morgan fingerprint density at radius 3 is 2.33 bits per heavy atom. The lowest BCUT2D eigenvalue weighted by atomic mass is 9.72. The molecule has 21 heavy (non-hydrogen) atoms. The number of rotatable bonds is 4. The summed E-state index contributed by atoms with van der Waals surface area (Å²) < 4.78 is 13.1. The minimum absolute atomic E-state index is 0.0520. The van der Waals surface area contributed by atoms with Crippen LogP contribution in [0.3, 0.4) is 0 Å². The first-order valence-electron chi connectivity index (χ1n) is 7.38. The van der Waals surface area contributed by atoms with Gasteiger partial charge in [-0.15, -0.1) is 0 Å². The first-order valence-corrected chi connectivity index (χ1v) is 7.79. The van der Waals surface area contributed by atoms with Crippen molar-refractivity contribution in [1.82, 2.24) is 0 Å². The normalized spacial score (nSPS) is 17.2. The maximum atomic E-state index is 13.1. The van der Waals surface area contributed by atoms with Crippen molar-refractivity contribution in [3.63, 3.8) is 0 Å². The van der Waals surface area contributed by atoms with E-state index >= 15 is 0 Å². The van der Waals surface area contributed by atoms with Crippen molar-refractivity contribution in [2.45, 2.75) is 39.0 Å². The standard InChI is InChI=1S/C16H21FN2OS/c1-2-19(13-8-6-12(17)7-9-13)15(20)16(14(18)21)10-4-3-5-11-16/h6-9H,2-5,10-11H2,1H3,(H2,18,21). The van der Waals surface area contributed by atoms with Crippen molar-refractivity contribution in [2.75, 3.05) is 11.4 Å². The summed E-state index contributed by atoms with van der Waals surface area (Å²) in [6, 6.07) is 5.96. The number of nitrogens with two attached hydrogens (primary N) is 1. The third-order valence-electron chi connectivity index (χ3n) is 4.29. The molecule has 0 bridgehead atoms. The van der Waals surface area contributed by atoms with Crippen molar-refractivity contribution in [3.05, 3.63) is 30.1 Å². The van der Waals surface area contributed by atoms with E-state index < -0.39 is 5.41 Å². The molecule has 1 aliphatic rings. The van der Waals surface area contributed by atoms with Crippen LogP contribution in [0, 0.1) is 11.2 Å². The molecule has 0 atom stereocenters. The van der Waals surface area contributed by atoms with Gasteiger partial charge in [0.2, 0.25) is 5.91 Å². The summed E-state index contributed by atoms with van der Waals surface area (Å²) in [5.41, 5.74) is 5.87. The molecular weight excluding hydrogens is 287 g/mol. The lowest BCUT2D eigenvalue weighted by Gasteiger charge is -2.38. The second-order valence-electron chi connectivity index (χ2n) is 5.53. The van der Waals surface area contributed by atoms with E-state index in [9.17, 15) is 9.18 Å². The fourth-order valence-electron chi connectivity index (χ4n) is 3.04. The zero-order chi connectivity index (χ0) is 15.5. The number of carbonyl (C=O) groups is 1. The molecule has 0 aliphatic heterocycles. The summed E-state index contributed by atoms with van der Waals surface area (Å²) in [5, 5.41) is 0. The molecular formula is C16H21FN2OS. The minimum atomic E-state index is -0.738. The summed E-state index contributed by atoms with van der Waals surface area (Å²) in [7, 11) is 0. The largest absolute Gasteiger partial charge is 0.392 e. The number of halogens is 1. The van der Waals surface area contributed by atoms with Gasteiger partial charge >= 0.3 is 0 Å². The molecule has 2 rings (SSSR count). The highest BCUT2D eigenvalue weighted by molar-refractivity contribution is 7.80. The van der Waals surface area contributed by atoms with E-state index in [1.165, 1.54) is 12.1 Å². The monoisotopic (exact) mass is 308 g/mol. The highest BCUT2D eigenvalue weighted by Crippen LogP contribution is 2.39. The van der Waals surface area contributed by atoms with E-state index in [4.69, 9.17) is 18.0 Å². The maximum Gasteiger partial charge on any atom is 0.240 e. The molecule has 1 aliphatic carbocycles. The van der Waals surface area contributed by atoms with Gasteiger partial charge in [0.1, 0.15) is 5.82 Å². The van der Waals surface area contributed by atoms with Gasteiger partial charge in [-0.05, 0) is 44.0 Å². The van der Waals surface area contributed by atoms with Crippen LogP contribution in [-0.2, 0) is 4.79 Å². The van der Waals surface area contributed by atoms with Crippen LogP contribution in [0.15, 0.2) is 24.3 Å². The molecule has 2 N–H and O–H groups in total. The summed E-state index contributed by atoms with van der Waals surface area (Å²) in [6.07, 6.45) is 4.45. The van der Waals surface area contributed by atoms with Gasteiger partial charge in [0, 0.05) is 12.2 Å². The molecule has 0 saturated heterocycles. The minimum Gasteiger partial charge on any atom is -0.392 e. The van der Waals surface area contributed by atoms with Crippen molar-refractivity contribution in [3.8, 4) is 0 Å². The van der Waals surface area contributed by atoms with Crippen LogP contribution >= 0.6 is 12.2 Å². The fourth-order valence-corrected chi connectivity index (χ4v) is 3.34. The van der Waals surface area contributed by atoms with Crippen LogP contribution in [-0.4, -0.2) is 17.4 Å². The number of carbonyl (C=O) groups excluding carboxylic acids is 1. The molecule has 0 heterocycles. The van der Waals surface area contributed by atoms with E-state index in [0.29, 0.717) is 25.1 Å². The molecule has 0 spiro atoms. The molecule has 0 radical (unpaired) electrons. The number of benzene rings is 1. The lowest BCUT2D eigenvalue weighted by molar-refractivity contribution is -0.126. The third kappa shape index (κ3) is 3.07. The summed E-state index contributed by atoms with van der Waals surface area (Å²) >= 11 is 5.21.